The first-order valence-corrected chi connectivity index (χ1v) is 14.5. The lowest BCUT2D eigenvalue weighted by molar-refractivity contribution is -0.113. The molecule has 1 heterocycles. The number of hydrogen-bond acceptors (Lipinski definition) is 6. The summed E-state index contributed by atoms with van der Waals surface area (Å²) in [6, 6.07) is 16.3. The van der Waals surface area contributed by atoms with Gasteiger partial charge in [-0.3, -0.25) is 14.3 Å². The minimum absolute atomic E-state index is 0.0702. The fourth-order valence-corrected chi connectivity index (χ4v) is 5.48. The normalized spacial score (nSPS) is 18.3. The summed E-state index contributed by atoms with van der Waals surface area (Å²) in [6.45, 7) is 3.78. The van der Waals surface area contributed by atoms with Gasteiger partial charge in [-0.25, -0.2) is 0 Å². The summed E-state index contributed by atoms with van der Waals surface area (Å²) in [5.41, 5.74) is 5.69. The third-order valence-electron chi connectivity index (χ3n) is 6.37. The highest BCUT2D eigenvalue weighted by molar-refractivity contribution is 7.52. The zero-order valence-electron chi connectivity index (χ0n) is 22.7. The number of anilines is 2. The van der Waals surface area contributed by atoms with E-state index in [0.717, 1.165) is 46.6 Å². The Labute approximate surface area is 221 Å². The van der Waals surface area contributed by atoms with Crippen molar-refractivity contribution >= 4 is 36.9 Å². The van der Waals surface area contributed by atoms with Crippen LogP contribution in [0.1, 0.15) is 30.9 Å². The molecular formula is C29H40N3O4P. The fourth-order valence-electron chi connectivity index (χ4n) is 4.32. The summed E-state index contributed by atoms with van der Waals surface area (Å²) in [5, 5.41) is 0. The molecule has 1 saturated heterocycles. The Bertz CT molecular complexity index is 1080. The number of benzene rings is 2. The summed E-state index contributed by atoms with van der Waals surface area (Å²) < 4.78 is 17.0. The van der Waals surface area contributed by atoms with E-state index in [1.165, 1.54) is 0 Å². The number of ketones is 1. The number of carbonyl (C=O) groups excluding carboxylic acids is 1. The molecule has 2 aromatic carbocycles. The van der Waals surface area contributed by atoms with Crippen LogP contribution in [0.3, 0.4) is 0 Å². The number of carbonyl (C=O) groups is 1. The van der Waals surface area contributed by atoms with Gasteiger partial charge in [0.25, 0.3) is 0 Å². The van der Waals surface area contributed by atoms with Crippen LogP contribution in [0.25, 0.3) is 12.2 Å². The standard InChI is InChI=1S/C29H40N3O4P/c1-6-36-37(34,35)18-8-7-17-32-21-25(19-23-9-13-27(14-10-23)30(2)3)29(33)26(22-32)20-24-11-15-28(16-12-24)31(4)5/h9-16,19-20H,6-8,17-18,21-22H2,1-5H3,(H,34,35)/b25-19+,26-20+. The van der Waals surface area contributed by atoms with Gasteiger partial charge in [-0.1, -0.05) is 24.3 Å². The van der Waals surface area contributed by atoms with Crippen LogP contribution in [0.2, 0.25) is 0 Å². The van der Waals surface area contributed by atoms with Crippen molar-refractivity contribution in [3.63, 3.8) is 0 Å². The first kappa shape index (κ1) is 28.9. The van der Waals surface area contributed by atoms with E-state index >= 15 is 0 Å². The minimum atomic E-state index is -3.51. The van der Waals surface area contributed by atoms with E-state index in [1.807, 2.05) is 98.7 Å². The summed E-state index contributed by atoms with van der Waals surface area (Å²) in [4.78, 5) is 29.7. The van der Waals surface area contributed by atoms with Crippen LogP contribution in [0.15, 0.2) is 59.7 Å². The van der Waals surface area contributed by atoms with E-state index in [-0.39, 0.29) is 18.6 Å². The van der Waals surface area contributed by atoms with Crippen LogP contribution in [-0.4, -0.2) is 76.2 Å². The zero-order valence-corrected chi connectivity index (χ0v) is 23.6. The molecular weight excluding hydrogens is 485 g/mol. The molecule has 1 atom stereocenters. The van der Waals surface area contributed by atoms with E-state index in [4.69, 9.17) is 4.52 Å². The molecule has 1 unspecified atom stereocenters. The molecule has 0 aliphatic carbocycles. The molecule has 8 heteroatoms. The van der Waals surface area contributed by atoms with E-state index in [2.05, 4.69) is 4.90 Å². The van der Waals surface area contributed by atoms with Crippen LogP contribution >= 0.6 is 7.60 Å². The van der Waals surface area contributed by atoms with Gasteiger partial charge in [0.1, 0.15) is 0 Å². The molecule has 0 amide bonds. The van der Waals surface area contributed by atoms with Crippen LogP contribution in [0, 0.1) is 0 Å². The number of likely N-dealkylation sites (tertiary alicyclic amines) is 1. The maximum absolute atomic E-state index is 13.5. The topological polar surface area (TPSA) is 73.3 Å². The number of nitrogens with zero attached hydrogens (tertiary/aromatic N) is 3. The largest absolute Gasteiger partial charge is 0.378 e. The average Bonchev–Trinajstić information content (AvgIpc) is 2.85. The minimum Gasteiger partial charge on any atom is -0.378 e. The molecule has 0 saturated carbocycles. The van der Waals surface area contributed by atoms with Gasteiger partial charge >= 0.3 is 7.60 Å². The van der Waals surface area contributed by atoms with Crippen molar-refractivity contribution in [2.45, 2.75) is 19.8 Å². The highest BCUT2D eigenvalue weighted by atomic mass is 31.2. The molecule has 7 nitrogen and oxygen atoms in total. The molecule has 1 fully saturated rings. The molecule has 1 aliphatic heterocycles. The smallest absolute Gasteiger partial charge is 0.328 e. The Morgan fingerprint density at radius 3 is 1.73 bits per heavy atom. The monoisotopic (exact) mass is 525 g/mol. The van der Waals surface area contributed by atoms with E-state index in [1.54, 1.807) is 6.92 Å². The molecule has 200 valence electrons. The quantitative estimate of drug-likeness (QED) is 0.246. The van der Waals surface area contributed by atoms with E-state index < -0.39 is 7.60 Å². The van der Waals surface area contributed by atoms with Gasteiger partial charge < -0.3 is 19.2 Å². The number of Topliss-reactive ketones (excluding diaryl/α,β-unsaturated/α-hetero) is 1. The van der Waals surface area contributed by atoms with Crippen molar-refractivity contribution in [2.24, 2.45) is 0 Å². The lowest BCUT2D eigenvalue weighted by atomic mass is 9.94. The molecule has 0 radical (unpaired) electrons. The Morgan fingerprint density at radius 1 is 0.865 bits per heavy atom. The second kappa shape index (κ2) is 13.2. The summed E-state index contributed by atoms with van der Waals surface area (Å²) in [7, 11) is 4.50. The Kier molecular flexibility index (Phi) is 10.3. The molecule has 1 aliphatic rings. The highest BCUT2D eigenvalue weighted by Crippen LogP contribution is 2.42. The van der Waals surface area contributed by atoms with Crippen LogP contribution in [0.5, 0.6) is 0 Å². The van der Waals surface area contributed by atoms with Gasteiger partial charge in [-0.15, -0.1) is 0 Å². The Balaban J connectivity index is 1.80. The van der Waals surface area contributed by atoms with Crippen molar-refractivity contribution in [3.8, 4) is 0 Å². The molecule has 37 heavy (non-hydrogen) atoms. The third-order valence-corrected chi connectivity index (χ3v) is 7.91. The van der Waals surface area contributed by atoms with Gasteiger partial charge in [0.05, 0.1) is 12.8 Å². The first-order chi connectivity index (χ1) is 17.6. The van der Waals surface area contributed by atoms with Crippen molar-refractivity contribution in [3.05, 3.63) is 70.8 Å². The Morgan fingerprint density at radius 2 is 1.32 bits per heavy atom. The lowest BCUT2D eigenvalue weighted by Crippen LogP contribution is -2.38. The summed E-state index contributed by atoms with van der Waals surface area (Å²) >= 11 is 0. The average molecular weight is 526 g/mol. The van der Waals surface area contributed by atoms with Gasteiger partial charge in [-0.2, -0.15) is 0 Å². The second-order valence-corrected chi connectivity index (χ2v) is 11.8. The molecule has 0 aromatic heterocycles. The first-order valence-electron chi connectivity index (χ1n) is 12.8. The number of unbranched alkanes of at least 4 members (excludes halogenated alkanes) is 1. The maximum Gasteiger partial charge on any atom is 0.328 e. The molecule has 0 spiro atoms. The van der Waals surface area contributed by atoms with Gasteiger partial charge in [-0.05, 0) is 73.9 Å². The SMILES string of the molecule is CCOP(=O)(O)CCCCN1C/C(=C\c2ccc(N(C)C)cc2)C(=O)/C(=C/c2ccc(N(C)C)cc2)C1. The number of piperidine rings is 1. The highest BCUT2D eigenvalue weighted by Gasteiger charge is 2.26. The van der Waals surface area contributed by atoms with E-state index in [9.17, 15) is 14.3 Å². The Hall–Kier alpha value is -2.70. The van der Waals surface area contributed by atoms with Crippen LogP contribution in [0.4, 0.5) is 11.4 Å². The fraction of sp³-hybridized carbons (Fsp3) is 0.414. The number of hydrogen-bond donors (Lipinski definition) is 1. The summed E-state index contributed by atoms with van der Waals surface area (Å²) in [5.74, 6) is 0.0702. The maximum atomic E-state index is 13.5. The molecule has 2 aromatic rings. The van der Waals surface area contributed by atoms with Crippen molar-refractivity contribution < 1.29 is 18.8 Å². The number of rotatable bonds is 11. The molecule has 0 bridgehead atoms. The summed E-state index contributed by atoms with van der Waals surface area (Å²) in [6.07, 6.45) is 5.45. The van der Waals surface area contributed by atoms with Crippen molar-refractivity contribution in [1.29, 1.82) is 0 Å². The second-order valence-electron chi connectivity index (χ2n) is 9.84. The van der Waals surface area contributed by atoms with Crippen LogP contribution in [-0.2, 0) is 13.9 Å². The molecule has 1 N–H and O–H groups in total. The van der Waals surface area contributed by atoms with Crippen molar-refractivity contribution in [1.82, 2.24) is 4.90 Å². The third kappa shape index (κ3) is 8.68. The predicted octanol–water partition coefficient (Wildman–Crippen LogP) is 5.17. The van der Waals surface area contributed by atoms with Crippen LogP contribution < -0.4 is 9.80 Å². The van der Waals surface area contributed by atoms with Gasteiger partial charge in [0.2, 0.25) is 0 Å². The predicted molar refractivity (Wildman–Crippen MR) is 154 cm³/mol. The van der Waals surface area contributed by atoms with Crippen molar-refractivity contribution in [2.75, 3.05) is 70.4 Å². The van der Waals surface area contributed by atoms with Gasteiger partial charge in [0.15, 0.2) is 5.78 Å². The van der Waals surface area contributed by atoms with E-state index in [0.29, 0.717) is 19.5 Å². The lowest BCUT2D eigenvalue weighted by Gasteiger charge is -2.30. The van der Waals surface area contributed by atoms with Gasteiger partial charge in [0, 0.05) is 63.8 Å². The zero-order chi connectivity index (χ0) is 27.0. The molecule has 3 rings (SSSR count).